The smallest absolute Gasteiger partial charge is 0.254 e. The van der Waals surface area contributed by atoms with E-state index in [4.69, 9.17) is 0 Å². The van der Waals surface area contributed by atoms with Crippen LogP contribution in [0, 0.1) is 12.8 Å². The predicted molar refractivity (Wildman–Crippen MR) is 131 cm³/mol. The van der Waals surface area contributed by atoms with Crippen LogP contribution in [0.1, 0.15) is 46.9 Å². The van der Waals surface area contributed by atoms with Crippen LogP contribution in [0.15, 0.2) is 72.9 Å². The lowest BCUT2D eigenvalue weighted by molar-refractivity contribution is 0.0668. The monoisotopic (exact) mass is 429 g/mol. The number of hydrogen-bond donors (Lipinski definition) is 0. The summed E-state index contributed by atoms with van der Waals surface area (Å²) in [6.45, 7) is 10.2. The maximum atomic E-state index is 13.4. The Morgan fingerprint density at radius 1 is 1.00 bits per heavy atom. The second-order valence-electron chi connectivity index (χ2n) is 9.44. The average molecular weight is 430 g/mol. The highest BCUT2D eigenvalue weighted by molar-refractivity contribution is 5.94. The van der Waals surface area contributed by atoms with Crippen LogP contribution >= 0.6 is 0 Å². The number of carbonyl (C=O) groups is 1. The molecule has 0 aliphatic carbocycles. The number of aryl methyl sites for hydroxylation is 2. The van der Waals surface area contributed by atoms with Crippen LogP contribution in [0.5, 0.6) is 0 Å². The fourth-order valence-electron chi connectivity index (χ4n) is 5.05. The highest BCUT2D eigenvalue weighted by Gasteiger charge is 2.37. The molecule has 0 N–H and O–H groups in total. The molecule has 0 bridgehead atoms. The second kappa shape index (κ2) is 9.74. The number of benzene rings is 2. The Hall–Kier alpha value is -2.85. The molecule has 3 aromatic rings. The molecule has 0 unspecified atom stereocenters. The molecule has 1 saturated heterocycles. The van der Waals surface area contributed by atoms with Crippen LogP contribution < -0.4 is 0 Å². The molecule has 0 spiro atoms. The van der Waals surface area contributed by atoms with Gasteiger partial charge in [-0.2, -0.15) is 0 Å². The van der Waals surface area contributed by atoms with E-state index in [9.17, 15) is 4.79 Å². The Morgan fingerprint density at radius 3 is 2.38 bits per heavy atom. The lowest BCUT2D eigenvalue weighted by atomic mass is 9.86. The maximum absolute atomic E-state index is 13.4. The van der Waals surface area contributed by atoms with E-state index in [2.05, 4.69) is 84.8 Å². The number of likely N-dealkylation sites (tertiary alicyclic amines) is 1. The molecule has 1 aromatic heterocycles. The summed E-state index contributed by atoms with van der Waals surface area (Å²) < 4.78 is 2.20. The van der Waals surface area contributed by atoms with Crippen LogP contribution in [0.4, 0.5) is 0 Å². The molecule has 2 atom stereocenters. The van der Waals surface area contributed by atoms with Crippen molar-refractivity contribution < 1.29 is 4.79 Å². The van der Waals surface area contributed by atoms with Gasteiger partial charge in [0.25, 0.3) is 5.91 Å². The summed E-state index contributed by atoms with van der Waals surface area (Å²) in [6.07, 6.45) is 2.11. The van der Waals surface area contributed by atoms with E-state index >= 15 is 0 Å². The van der Waals surface area contributed by atoms with Crippen LogP contribution in [0.2, 0.25) is 0 Å². The van der Waals surface area contributed by atoms with Gasteiger partial charge < -0.3 is 9.47 Å². The number of nitrogens with zero attached hydrogens (tertiary/aromatic N) is 3. The molecule has 2 aromatic carbocycles. The van der Waals surface area contributed by atoms with Gasteiger partial charge in [-0.25, -0.2) is 0 Å². The van der Waals surface area contributed by atoms with E-state index in [0.717, 1.165) is 31.7 Å². The molecule has 1 amide bonds. The van der Waals surface area contributed by atoms with Gasteiger partial charge in [-0.3, -0.25) is 9.69 Å². The van der Waals surface area contributed by atoms with Crippen LogP contribution in [0.3, 0.4) is 0 Å². The molecule has 4 heteroatoms. The standard InChI is InChI=1S/C28H35N3O/c1-21(2)31(28(32)23-12-6-5-7-13-23)18-24-17-30(19-25-14-10-16-29(25)4)20-27(24)26-15-9-8-11-22(26)3/h5-16,21,24,27H,17-20H2,1-4H3/t24-,27+/m1/s1. The zero-order valence-electron chi connectivity index (χ0n) is 19.7. The summed E-state index contributed by atoms with van der Waals surface area (Å²) in [5.74, 6) is 0.942. The van der Waals surface area contributed by atoms with Gasteiger partial charge in [-0.15, -0.1) is 0 Å². The molecule has 4 rings (SSSR count). The molecule has 1 fully saturated rings. The summed E-state index contributed by atoms with van der Waals surface area (Å²) in [4.78, 5) is 18.0. The van der Waals surface area contributed by atoms with E-state index in [1.807, 2.05) is 30.3 Å². The highest BCUT2D eigenvalue weighted by atomic mass is 16.2. The third-order valence-corrected chi connectivity index (χ3v) is 6.88. The van der Waals surface area contributed by atoms with Gasteiger partial charge in [0.1, 0.15) is 0 Å². The molecule has 1 aliphatic rings. The van der Waals surface area contributed by atoms with Gasteiger partial charge in [0.2, 0.25) is 0 Å². The van der Waals surface area contributed by atoms with Crippen LogP contribution in [-0.4, -0.2) is 46.0 Å². The maximum Gasteiger partial charge on any atom is 0.254 e. The van der Waals surface area contributed by atoms with Crippen molar-refractivity contribution in [1.29, 1.82) is 0 Å². The largest absolute Gasteiger partial charge is 0.353 e. The SMILES string of the molecule is Cc1ccccc1[C@H]1CN(Cc2cccn2C)C[C@@H]1CN(C(=O)c1ccccc1)C(C)C. The Kier molecular flexibility index (Phi) is 6.80. The minimum atomic E-state index is 0.130. The quantitative estimate of drug-likeness (QED) is 0.523. The number of rotatable bonds is 7. The number of hydrogen-bond acceptors (Lipinski definition) is 2. The normalized spacial score (nSPS) is 18.9. The summed E-state index contributed by atoms with van der Waals surface area (Å²) in [6, 6.07) is 22.9. The Labute approximate surface area is 192 Å². The molecule has 0 saturated carbocycles. The summed E-state index contributed by atoms with van der Waals surface area (Å²) in [5, 5.41) is 0. The fraction of sp³-hybridized carbons (Fsp3) is 0.393. The first-order valence-corrected chi connectivity index (χ1v) is 11.7. The molecule has 32 heavy (non-hydrogen) atoms. The van der Waals surface area contributed by atoms with Crippen LogP contribution in [-0.2, 0) is 13.6 Å². The van der Waals surface area contributed by atoms with Crippen molar-refractivity contribution in [2.45, 2.75) is 39.3 Å². The van der Waals surface area contributed by atoms with Gasteiger partial charge in [-0.05, 0) is 62.1 Å². The summed E-state index contributed by atoms with van der Waals surface area (Å²) in [5.41, 5.74) is 4.86. The van der Waals surface area contributed by atoms with Gasteiger partial charge in [0.15, 0.2) is 0 Å². The fourth-order valence-corrected chi connectivity index (χ4v) is 5.05. The lowest BCUT2D eigenvalue weighted by Gasteiger charge is -2.32. The minimum Gasteiger partial charge on any atom is -0.353 e. The lowest BCUT2D eigenvalue weighted by Crippen LogP contribution is -2.42. The Bertz CT molecular complexity index is 1040. The second-order valence-corrected chi connectivity index (χ2v) is 9.44. The van der Waals surface area contributed by atoms with Gasteiger partial charge in [0, 0.05) is 62.6 Å². The summed E-state index contributed by atoms with van der Waals surface area (Å²) >= 11 is 0. The van der Waals surface area contributed by atoms with E-state index in [-0.39, 0.29) is 11.9 Å². The topological polar surface area (TPSA) is 28.5 Å². The first kappa shape index (κ1) is 22.3. The molecular formula is C28H35N3O. The molecule has 4 nitrogen and oxygen atoms in total. The summed E-state index contributed by atoms with van der Waals surface area (Å²) in [7, 11) is 2.11. The van der Waals surface area contributed by atoms with Crippen LogP contribution in [0.25, 0.3) is 0 Å². The predicted octanol–water partition coefficient (Wildman–Crippen LogP) is 5.10. The molecule has 0 radical (unpaired) electrons. The Morgan fingerprint density at radius 2 is 1.72 bits per heavy atom. The number of amides is 1. The zero-order valence-corrected chi connectivity index (χ0v) is 19.7. The third-order valence-electron chi connectivity index (χ3n) is 6.88. The zero-order chi connectivity index (χ0) is 22.7. The van der Waals surface area contributed by atoms with Crippen molar-refractivity contribution in [3.05, 3.63) is 95.3 Å². The first-order valence-electron chi connectivity index (χ1n) is 11.7. The molecule has 1 aliphatic heterocycles. The van der Waals surface area contributed by atoms with E-state index < -0.39 is 0 Å². The van der Waals surface area contributed by atoms with Crippen molar-refractivity contribution in [2.24, 2.45) is 13.0 Å². The van der Waals surface area contributed by atoms with Gasteiger partial charge >= 0.3 is 0 Å². The first-order chi connectivity index (χ1) is 15.4. The highest BCUT2D eigenvalue weighted by Crippen LogP contribution is 2.36. The number of carbonyl (C=O) groups excluding carboxylic acids is 1. The van der Waals surface area contributed by atoms with Crippen molar-refractivity contribution >= 4 is 5.91 Å². The molecular weight excluding hydrogens is 394 g/mol. The van der Waals surface area contributed by atoms with E-state index in [1.54, 1.807) is 0 Å². The average Bonchev–Trinajstić information content (AvgIpc) is 3.38. The molecule has 2 heterocycles. The minimum absolute atomic E-state index is 0.130. The van der Waals surface area contributed by atoms with Gasteiger partial charge in [0.05, 0.1) is 0 Å². The van der Waals surface area contributed by atoms with E-state index in [1.165, 1.54) is 16.8 Å². The van der Waals surface area contributed by atoms with Crippen molar-refractivity contribution in [1.82, 2.24) is 14.4 Å². The van der Waals surface area contributed by atoms with Crippen molar-refractivity contribution in [3.63, 3.8) is 0 Å². The van der Waals surface area contributed by atoms with E-state index in [0.29, 0.717) is 11.8 Å². The molecule has 168 valence electrons. The van der Waals surface area contributed by atoms with Crippen molar-refractivity contribution in [2.75, 3.05) is 19.6 Å². The number of aromatic nitrogens is 1. The van der Waals surface area contributed by atoms with Gasteiger partial charge in [-0.1, -0.05) is 42.5 Å². The third kappa shape index (κ3) is 4.81. The Balaban J connectivity index is 1.59. The van der Waals surface area contributed by atoms with Crippen molar-refractivity contribution in [3.8, 4) is 0 Å².